The fourth-order valence-corrected chi connectivity index (χ4v) is 2.12. The Balaban J connectivity index is 1.50. The Morgan fingerprint density at radius 3 is 2.57 bits per heavy atom. The first-order valence-electron chi connectivity index (χ1n) is 7.85. The van der Waals surface area contributed by atoms with Crippen LogP contribution in [0.1, 0.15) is 11.5 Å². The molecule has 0 aliphatic carbocycles. The van der Waals surface area contributed by atoms with Crippen LogP contribution in [0.2, 0.25) is 0 Å². The average Bonchev–Trinajstić information content (AvgIpc) is 3.14. The molecule has 0 amide bonds. The van der Waals surface area contributed by atoms with Gasteiger partial charge in [0.1, 0.15) is 11.6 Å². The molecule has 0 unspecified atom stereocenters. The van der Waals surface area contributed by atoms with Crippen molar-refractivity contribution in [3.05, 3.63) is 65.8 Å². The van der Waals surface area contributed by atoms with Crippen LogP contribution in [0, 0.1) is 5.82 Å². The van der Waals surface area contributed by atoms with E-state index >= 15 is 0 Å². The maximum atomic E-state index is 12.9. The molecule has 6 nitrogen and oxygen atoms in total. The lowest BCUT2D eigenvalue weighted by atomic mass is 10.2. The summed E-state index contributed by atoms with van der Waals surface area (Å²) >= 11 is 0. The zero-order chi connectivity index (χ0) is 20.1. The summed E-state index contributed by atoms with van der Waals surface area (Å²) in [7, 11) is 0. The van der Waals surface area contributed by atoms with Gasteiger partial charge in [-0.3, -0.25) is 0 Å². The molecule has 28 heavy (non-hydrogen) atoms. The molecule has 1 heterocycles. The molecule has 146 valence electrons. The highest BCUT2D eigenvalue weighted by Gasteiger charge is 2.30. The van der Waals surface area contributed by atoms with Crippen LogP contribution < -0.4 is 4.74 Å². The van der Waals surface area contributed by atoms with Crippen LogP contribution >= 0.6 is 0 Å². The number of halogens is 4. The van der Waals surface area contributed by atoms with E-state index in [1.165, 1.54) is 36.4 Å². The molecule has 0 spiro atoms. The molecule has 0 saturated carbocycles. The lowest BCUT2D eigenvalue weighted by molar-refractivity contribution is -0.148. The van der Waals surface area contributed by atoms with Crippen LogP contribution in [-0.2, 0) is 22.3 Å². The largest absolute Gasteiger partial charge is 0.482 e. The number of aromatic nitrogens is 2. The second-order valence-electron chi connectivity index (χ2n) is 5.49. The van der Waals surface area contributed by atoms with Crippen molar-refractivity contribution in [2.24, 2.45) is 0 Å². The van der Waals surface area contributed by atoms with Gasteiger partial charge in [0, 0.05) is 5.56 Å². The maximum absolute atomic E-state index is 12.9. The summed E-state index contributed by atoms with van der Waals surface area (Å²) in [6, 6.07) is 9.50. The van der Waals surface area contributed by atoms with Crippen molar-refractivity contribution in [2.75, 3.05) is 6.61 Å². The number of carbonyl (C=O) groups excluding carboxylic acids is 1. The van der Waals surface area contributed by atoms with Gasteiger partial charge >= 0.3 is 12.1 Å². The molecule has 0 aliphatic heterocycles. The van der Waals surface area contributed by atoms with Crippen molar-refractivity contribution >= 4 is 5.97 Å². The van der Waals surface area contributed by atoms with Gasteiger partial charge in [0.05, 0.1) is 5.56 Å². The number of ether oxygens (including phenoxy) is 2. The first kappa shape index (κ1) is 19.3. The molecule has 0 radical (unpaired) electrons. The van der Waals surface area contributed by atoms with E-state index in [9.17, 15) is 22.4 Å². The van der Waals surface area contributed by atoms with Crippen LogP contribution in [0.5, 0.6) is 5.75 Å². The van der Waals surface area contributed by atoms with Gasteiger partial charge in [-0.2, -0.15) is 18.2 Å². The maximum Gasteiger partial charge on any atom is 0.416 e. The standard InChI is InChI=1S/C18H12F4N2O4/c19-13-6-4-11(5-7-13)17-23-15(28-24-17)9-27-16(25)10-26-14-3-1-2-12(8-14)18(20,21)22/h1-8H,9-10H2. The van der Waals surface area contributed by atoms with E-state index in [0.717, 1.165) is 12.1 Å². The van der Waals surface area contributed by atoms with Crippen LogP contribution in [0.3, 0.4) is 0 Å². The number of rotatable bonds is 6. The number of benzene rings is 2. The van der Waals surface area contributed by atoms with E-state index in [0.29, 0.717) is 5.56 Å². The van der Waals surface area contributed by atoms with Crippen molar-refractivity contribution in [3.8, 4) is 17.1 Å². The highest BCUT2D eigenvalue weighted by molar-refractivity contribution is 5.71. The Morgan fingerprint density at radius 2 is 1.86 bits per heavy atom. The second kappa shape index (κ2) is 8.07. The highest BCUT2D eigenvalue weighted by atomic mass is 19.4. The molecule has 0 bridgehead atoms. The topological polar surface area (TPSA) is 74.5 Å². The fourth-order valence-electron chi connectivity index (χ4n) is 2.12. The van der Waals surface area contributed by atoms with Crippen molar-refractivity contribution in [1.82, 2.24) is 10.1 Å². The second-order valence-corrected chi connectivity index (χ2v) is 5.49. The molecule has 10 heteroatoms. The van der Waals surface area contributed by atoms with Gasteiger partial charge < -0.3 is 14.0 Å². The zero-order valence-electron chi connectivity index (χ0n) is 14.1. The van der Waals surface area contributed by atoms with Gasteiger partial charge in [0.2, 0.25) is 5.82 Å². The highest BCUT2D eigenvalue weighted by Crippen LogP contribution is 2.31. The van der Waals surface area contributed by atoms with Crippen LogP contribution in [0.4, 0.5) is 17.6 Å². The molecule has 3 aromatic rings. The van der Waals surface area contributed by atoms with E-state index in [1.54, 1.807) is 0 Å². The van der Waals surface area contributed by atoms with Crippen LogP contribution in [0.25, 0.3) is 11.4 Å². The Labute approximate surface area is 155 Å². The zero-order valence-corrected chi connectivity index (χ0v) is 14.1. The minimum atomic E-state index is -4.51. The van der Waals surface area contributed by atoms with Gasteiger partial charge in [0.25, 0.3) is 5.89 Å². The third-order valence-electron chi connectivity index (χ3n) is 3.45. The molecule has 0 N–H and O–H groups in total. The van der Waals surface area contributed by atoms with Gasteiger partial charge in [-0.15, -0.1) is 0 Å². The monoisotopic (exact) mass is 396 g/mol. The lowest BCUT2D eigenvalue weighted by Crippen LogP contribution is -2.15. The molecule has 2 aromatic carbocycles. The Kier molecular flexibility index (Phi) is 5.57. The molecule has 3 rings (SSSR count). The quantitative estimate of drug-likeness (QED) is 0.463. The summed E-state index contributed by atoms with van der Waals surface area (Å²) in [5.41, 5.74) is -0.381. The Morgan fingerprint density at radius 1 is 1.11 bits per heavy atom. The third kappa shape index (κ3) is 5.06. The number of nitrogens with zero attached hydrogens (tertiary/aromatic N) is 2. The summed E-state index contributed by atoms with van der Waals surface area (Å²) in [6.45, 7) is -0.945. The first-order chi connectivity index (χ1) is 13.3. The lowest BCUT2D eigenvalue weighted by Gasteiger charge is -2.09. The fraction of sp³-hybridized carbons (Fsp3) is 0.167. The summed E-state index contributed by atoms with van der Waals surface area (Å²) in [6.07, 6.45) is -4.51. The average molecular weight is 396 g/mol. The van der Waals surface area contributed by atoms with Gasteiger partial charge in [-0.25, -0.2) is 9.18 Å². The third-order valence-corrected chi connectivity index (χ3v) is 3.45. The van der Waals surface area contributed by atoms with E-state index in [2.05, 4.69) is 10.1 Å². The molecular weight excluding hydrogens is 384 g/mol. The van der Waals surface area contributed by atoms with E-state index in [1.807, 2.05) is 0 Å². The van der Waals surface area contributed by atoms with Crippen molar-refractivity contribution in [3.63, 3.8) is 0 Å². The minimum Gasteiger partial charge on any atom is -0.482 e. The molecule has 0 fully saturated rings. The Bertz CT molecular complexity index is 955. The number of hydrogen-bond acceptors (Lipinski definition) is 6. The number of esters is 1. The van der Waals surface area contributed by atoms with E-state index in [-0.39, 0.29) is 24.1 Å². The van der Waals surface area contributed by atoms with Crippen molar-refractivity contribution in [1.29, 1.82) is 0 Å². The van der Waals surface area contributed by atoms with Gasteiger partial charge in [0.15, 0.2) is 13.2 Å². The van der Waals surface area contributed by atoms with Crippen molar-refractivity contribution < 1.29 is 36.4 Å². The van der Waals surface area contributed by atoms with Crippen molar-refractivity contribution in [2.45, 2.75) is 12.8 Å². The van der Waals surface area contributed by atoms with E-state index < -0.39 is 30.1 Å². The normalized spacial score (nSPS) is 11.3. The van der Waals surface area contributed by atoms with Gasteiger partial charge in [-0.05, 0) is 42.5 Å². The summed E-state index contributed by atoms with van der Waals surface area (Å²) in [5, 5.41) is 3.68. The predicted molar refractivity (Wildman–Crippen MR) is 86.4 cm³/mol. The van der Waals surface area contributed by atoms with Gasteiger partial charge in [-0.1, -0.05) is 11.2 Å². The summed E-state index contributed by atoms with van der Waals surface area (Å²) in [5.74, 6) is -1.19. The summed E-state index contributed by atoms with van der Waals surface area (Å²) < 4.78 is 65.6. The summed E-state index contributed by atoms with van der Waals surface area (Å²) in [4.78, 5) is 15.7. The smallest absolute Gasteiger partial charge is 0.416 e. The first-order valence-corrected chi connectivity index (χ1v) is 7.85. The minimum absolute atomic E-state index is 0.00764. The van der Waals surface area contributed by atoms with Crippen LogP contribution in [0.15, 0.2) is 53.1 Å². The molecule has 1 aromatic heterocycles. The SMILES string of the molecule is O=C(COc1cccc(C(F)(F)F)c1)OCc1nc(-c2ccc(F)cc2)no1. The molecular formula is C18H12F4N2O4. The molecule has 0 aliphatic rings. The van der Waals surface area contributed by atoms with E-state index in [4.69, 9.17) is 14.0 Å². The number of hydrogen-bond donors (Lipinski definition) is 0. The predicted octanol–water partition coefficient (Wildman–Crippen LogP) is 4.02. The molecule has 0 atom stereocenters. The number of alkyl halides is 3. The Hall–Kier alpha value is -3.43. The van der Waals surface area contributed by atoms with Crippen LogP contribution in [-0.4, -0.2) is 22.7 Å². The number of carbonyl (C=O) groups is 1. The molecule has 0 saturated heterocycles.